The Balaban J connectivity index is 1.81. The largest absolute Gasteiger partial charge is 0.394 e. The number of nitrogens with one attached hydrogen (secondary N) is 2. The van der Waals surface area contributed by atoms with Crippen molar-refractivity contribution in [1.82, 2.24) is 14.9 Å². The average molecular weight is 455 g/mol. The molecule has 2 amide bonds. The van der Waals surface area contributed by atoms with Gasteiger partial charge in [-0.3, -0.25) is 14.6 Å². The summed E-state index contributed by atoms with van der Waals surface area (Å²) in [4.78, 5) is 29.9. The molecule has 0 saturated carbocycles. The van der Waals surface area contributed by atoms with Gasteiger partial charge in [0.05, 0.1) is 24.9 Å². The molecule has 1 aromatic rings. The van der Waals surface area contributed by atoms with Gasteiger partial charge in [0.25, 0.3) is 0 Å². The van der Waals surface area contributed by atoms with Crippen molar-refractivity contribution in [3.05, 3.63) is 35.9 Å². The van der Waals surface area contributed by atoms with Gasteiger partial charge in [0.15, 0.2) is 5.96 Å². The zero-order valence-electron chi connectivity index (χ0n) is 17.2. The van der Waals surface area contributed by atoms with Gasteiger partial charge in [0, 0.05) is 13.1 Å². The van der Waals surface area contributed by atoms with Gasteiger partial charge >= 0.3 is 0 Å². The fourth-order valence-corrected chi connectivity index (χ4v) is 4.63. The number of benzene rings is 1. The molecule has 2 unspecified atom stereocenters. The Morgan fingerprint density at radius 2 is 2.00 bits per heavy atom. The topological polar surface area (TPSA) is 180 Å². The molecule has 1 heterocycles. The summed E-state index contributed by atoms with van der Waals surface area (Å²) in [5, 5.41) is 12.1. The summed E-state index contributed by atoms with van der Waals surface area (Å²) < 4.78 is 27.2. The van der Waals surface area contributed by atoms with Crippen LogP contribution in [0.15, 0.2) is 35.3 Å². The smallest absolute Gasteiger partial charge is 0.241 e. The Morgan fingerprint density at radius 3 is 2.65 bits per heavy atom. The monoisotopic (exact) mass is 454 g/mol. The molecule has 0 aromatic heterocycles. The van der Waals surface area contributed by atoms with E-state index in [9.17, 15) is 23.1 Å². The number of likely N-dealkylation sites (tertiary alicyclic amines) is 1. The summed E-state index contributed by atoms with van der Waals surface area (Å²) in [5.74, 6) is -1.12. The van der Waals surface area contributed by atoms with Crippen LogP contribution in [0.5, 0.6) is 0 Å². The molecule has 172 valence electrons. The number of carbonyl (C=O) groups excluding carboxylic acids is 2. The first-order valence-corrected chi connectivity index (χ1v) is 11.6. The molecule has 1 aliphatic heterocycles. The molecule has 2 atom stereocenters. The van der Waals surface area contributed by atoms with Crippen LogP contribution in [-0.2, 0) is 25.4 Å². The van der Waals surface area contributed by atoms with Crippen LogP contribution in [0.25, 0.3) is 0 Å². The fourth-order valence-electron chi connectivity index (χ4n) is 3.26. The quantitative estimate of drug-likeness (QED) is 0.141. The predicted molar refractivity (Wildman–Crippen MR) is 116 cm³/mol. The number of hydrogen-bond acceptors (Lipinski definition) is 6. The number of sulfonamides is 1. The van der Waals surface area contributed by atoms with E-state index in [1.54, 1.807) is 30.3 Å². The maximum Gasteiger partial charge on any atom is 0.241 e. The van der Waals surface area contributed by atoms with Crippen LogP contribution < -0.4 is 21.5 Å². The van der Waals surface area contributed by atoms with E-state index in [4.69, 9.17) is 11.5 Å². The minimum absolute atomic E-state index is 0.0222. The summed E-state index contributed by atoms with van der Waals surface area (Å²) in [7, 11) is -3.70. The van der Waals surface area contributed by atoms with Crippen LogP contribution in [0.1, 0.15) is 24.8 Å². The standard InChI is InChI=1S/C19H30N6O5S/c20-19(21)22-9-4-7-15(12-26)23-17(27)11-25-10-8-16(18(25)28)24-31(29,30)13-14-5-2-1-3-6-14/h1-3,5-6,15-16,24,26H,4,7-13H2,(H,23,27)(H4,20,21,22). The van der Waals surface area contributed by atoms with Crippen molar-refractivity contribution >= 4 is 27.8 Å². The van der Waals surface area contributed by atoms with E-state index < -0.39 is 33.9 Å². The van der Waals surface area contributed by atoms with Gasteiger partial charge in [-0.25, -0.2) is 13.1 Å². The van der Waals surface area contributed by atoms with Gasteiger partial charge in [-0.1, -0.05) is 30.3 Å². The number of aliphatic hydroxyl groups excluding tert-OH is 1. The zero-order valence-corrected chi connectivity index (χ0v) is 18.1. The van der Waals surface area contributed by atoms with Crippen LogP contribution in [0, 0.1) is 0 Å². The summed E-state index contributed by atoms with van der Waals surface area (Å²) in [5.41, 5.74) is 11.1. The molecule has 11 nitrogen and oxygen atoms in total. The van der Waals surface area contributed by atoms with Gasteiger partial charge in [-0.15, -0.1) is 0 Å². The average Bonchev–Trinajstić information content (AvgIpc) is 3.03. The first kappa shape index (κ1) is 24.6. The second kappa shape index (κ2) is 11.6. The van der Waals surface area contributed by atoms with E-state index in [1.165, 1.54) is 4.90 Å². The molecule has 0 spiro atoms. The number of aliphatic hydroxyl groups is 1. The van der Waals surface area contributed by atoms with Crippen LogP contribution in [-0.4, -0.2) is 74.5 Å². The molecule has 1 aliphatic rings. The van der Waals surface area contributed by atoms with Crippen molar-refractivity contribution in [2.45, 2.75) is 37.1 Å². The van der Waals surface area contributed by atoms with Crippen molar-refractivity contribution < 1.29 is 23.1 Å². The number of nitrogens with two attached hydrogens (primary N) is 2. The highest BCUT2D eigenvalue weighted by Gasteiger charge is 2.35. The van der Waals surface area contributed by atoms with Crippen molar-refractivity contribution in [3.8, 4) is 0 Å². The Bertz CT molecular complexity index is 873. The van der Waals surface area contributed by atoms with Crippen LogP contribution in [0.4, 0.5) is 0 Å². The summed E-state index contributed by atoms with van der Waals surface area (Å²) in [6, 6.07) is 7.29. The summed E-state index contributed by atoms with van der Waals surface area (Å²) in [6.45, 7) is 0.173. The SMILES string of the molecule is NC(N)=NCCCC(CO)NC(=O)CN1CCC(NS(=O)(=O)Cc2ccccc2)C1=O. The maximum absolute atomic E-state index is 12.5. The van der Waals surface area contributed by atoms with Crippen LogP contribution in [0.3, 0.4) is 0 Å². The van der Waals surface area contributed by atoms with Gasteiger partial charge in [0.1, 0.15) is 6.04 Å². The predicted octanol–water partition coefficient (Wildman–Crippen LogP) is -1.76. The molecular formula is C19H30N6O5S. The molecule has 7 N–H and O–H groups in total. The lowest BCUT2D eigenvalue weighted by atomic mass is 10.1. The minimum Gasteiger partial charge on any atom is -0.394 e. The minimum atomic E-state index is -3.70. The number of hydrogen-bond donors (Lipinski definition) is 5. The van der Waals surface area contributed by atoms with Crippen molar-refractivity contribution in [2.75, 3.05) is 26.2 Å². The highest BCUT2D eigenvalue weighted by molar-refractivity contribution is 7.88. The van der Waals surface area contributed by atoms with Crippen LogP contribution in [0.2, 0.25) is 0 Å². The Kier molecular flexibility index (Phi) is 9.21. The Hall–Kier alpha value is -2.70. The van der Waals surface area contributed by atoms with Gasteiger partial charge in [-0.2, -0.15) is 0 Å². The third-order valence-corrected chi connectivity index (χ3v) is 6.10. The number of nitrogens with zero attached hydrogens (tertiary/aromatic N) is 2. The van der Waals surface area contributed by atoms with Crippen molar-refractivity contribution in [3.63, 3.8) is 0 Å². The lowest BCUT2D eigenvalue weighted by molar-refractivity contribution is -0.134. The maximum atomic E-state index is 12.5. The molecule has 0 bridgehead atoms. The molecule has 1 fully saturated rings. The molecule has 0 aliphatic carbocycles. The van der Waals surface area contributed by atoms with E-state index in [-0.39, 0.29) is 37.8 Å². The fraction of sp³-hybridized carbons (Fsp3) is 0.526. The van der Waals surface area contributed by atoms with E-state index in [0.717, 1.165) is 0 Å². The normalized spacial score (nSPS) is 17.4. The van der Waals surface area contributed by atoms with Crippen molar-refractivity contribution in [1.29, 1.82) is 0 Å². The first-order chi connectivity index (χ1) is 14.7. The summed E-state index contributed by atoms with van der Waals surface area (Å²) >= 11 is 0. The molecular weight excluding hydrogens is 424 g/mol. The molecule has 1 saturated heterocycles. The second-order valence-corrected chi connectivity index (χ2v) is 9.11. The number of carbonyl (C=O) groups is 2. The molecule has 0 radical (unpaired) electrons. The highest BCUT2D eigenvalue weighted by Crippen LogP contribution is 2.14. The molecule has 31 heavy (non-hydrogen) atoms. The zero-order chi connectivity index (χ0) is 22.9. The molecule has 2 rings (SSSR count). The number of amides is 2. The summed E-state index contributed by atoms with van der Waals surface area (Å²) in [6.07, 6.45) is 1.31. The first-order valence-electron chi connectivity index (χ1n) is 9.98. The third kappa shape index (κ3) is 8.52. The Morgan fingerprint density at radius 1 is 1.29 bits per heavy atom. The van der Waals surface area contributed by atoms with Crippen LogP contribution >= 0.6 is 0 Å². The molecule has 1 aromatic carbocycles. The highest BCUT2D eigenvalue weighted by atomic mass is 32.2. The Labute approximate surface area is 181 Å². The van der Waals surface area contributed by atoms with E-state index >= 15 is 0 Å². The van der Waals surface area contributed by atoms with Gasteiger partial charge in [-0.05, 0) is 24.8 Å². The van der Waals surface area contributed by atoms with Gasteiger partial charge in [0.2, 0.25) is 21.8 Å². The van der Waals surface area contributed by atoms with E-state index in [1.807, 2.05) is 0 Å². The van der Waals surface area contributed by atoms with Crippen molar-refractivity contribution in [2.24, 2.45) is 16.5 Å². The molecule has 12 heteroatoms. The number of rotatable bonds is 12. The van der Waals surface area contributed by atoms with E-state index in [0.29, 0.717) is 24.9 Å². The lowest BCUT2D eigenvalue weighted by Crippen LogP contribution is -2.46. The van der Waals surface area contributed by atoms with E-state index in [2.05, 4.69) is 15.0 Å². The third-order valence-electron chi connectivity index (χ3n) is 4.74. The van der Waals surface area contributed by atoms with Gasteiger partial charge < -0.3 is 26.8 Å². The number of guanidine groups is 1. The number of aliphatic imine (C=N–C) groups is 1. The second-order valence-electron chi connectivity index (χ2n) is 7.36. The lowest BCUT2D eigenvalue weighted by Gasteiger charge is -2.20.